The van der Waals surface area contributed by atoms with Crippen molar-refractivity contribution in [3.8, 4) is 6.19 Å². The minimum absolute atomic E-state index is 0.158. The molecule has 7 heteroatoms. The van der Waals surface area contributed by atoms with Crippen LogP contribution in [-0.4, -0.2) is 30.1 Å². The van der Waals surface area contributed by atoms with Crippen LogP contribution in [0.3, 0.4) is 0 Å². The van der Waals surface area contributed by atoms with E-state index in [1.165, 1.54) is 0 Å². The zero-order chi connectivity index (χ0) is 24.8. The number of unbranched alkanes of at least 4 members (excludes halogenated alkanes) is 1. The molecule has 0 saturated heterocycles. The van der Waals surface area contributed by atoms with Crippen molar-refractivity contribution in [3.63, 3.8) is 0 Å². The van der Waals surface area contributed by atoms with Crippen molar-refractivity contribution in [2.24, 2.45) is 16.8 Å². The Hall–Kier alpha value is -3.66. The maximum Gasteiger partial charge on any atom is 0.305 e. The molecule has 0 aliphatic carbocycles. The zero-order valence-electron chi connectivity index (χ0n) is 20.5. The second kappa shape index (κ2) is 14.5. The molecule has 34 heavy (non-hydrogen) atoms. The Bertz CT molecular complexity index is 1010. The summed E-state index contributed by atoms with van der Waals surface area (Å²) in [6.07, 6.45) is 9.47. The number of nitriles is 1. The smallest absolute Gasteiger partial charge is 0.305 e. The predicted octanol–water partition coefficient (Wildman–Crippen LogP) is 5.38. The van der Waals surface area contributed by atoms with Crippen LogP contribution < -0.4 is 10.6 Å². The molecule has 0 bridgehead atoms. The van der Waals surface area contributed by atoms with Gasteiger partial charge in [-0.25, -0.2) is 0 Å². The molecular formula is C27H35N5O2. The van der Waals surface area contributed by atoms with Crippen molar-refractivity contribution >= 4 is 23.2 Å². The zero-order valence-corrected chi connectivity index (χ0v) is 20.5. The van der Waals surface area contributed by atoms with Crippen LogP contribution >= 0.6 is 0 Å². The molecule has 0 amide bonds. The highest BCUT2D eigenvalue weighted by molar-refractivity contribution is 5.95. The summed E-state index contributed by atoms with van der Waals surface area (Å²) in [7, 11) is 0. The number of guanidine groups is 1. The normalized spacial score (nSPS) is 11.9. The Morgan fingerprint density at radius 1 is 1.18 bits per heavy atom. The molecule has 180 valence electrons. The quantitative estimate of drug-likeness (QED) is 0.116. The van der Waals surface area contributed by atoms with Crippen LogP contribution in [0.5, 0.6) is 0 Å². The van der Waals surface area contributed by atoms with Crippen LogP contribution in [0.2, 0.25) is 0 Å². The lowest BCUT2D eigenvalue weighted by Crippen LogP contribution is -2.27. The van der Waals surface area contributed by atoms with Gasteiger partial charge in [0.05, 0.1) is 6.61 Å². The van der Waals surface area contributed by atoms with Crippen LogP contribution in [0, 0.1) is 23.3 Å². The van der Waals surface area contributed by atoms with Crippen LogP contribution in [-0.2, 0) is 9.53 Å². The molecule has 0 aliphatic heterocycles. The lowest BCUT2D eigenvalue weighted by molar-refractivity contribution is -0.144. The summed E-state index contributed by atoms with van der Waals surface area (Å²) in [6.45, 7) is 9.26. The second-order valence-electron chi connectivity index (χ2n) is 8.85. The van der Waals surface area contributed by atoms with E-state index in [4.69, 9.17) is 10.00 Å². The van der Waals surface area contributed by atoms with E-state index < -0.39 is 0 Å². The standard InChI is InChI=1S/C27H35N5O2/c1-20(2)16-30-27(31-19-28)32-24-11-7-9-22(15-24)25(23-10-8-14-29-17-23)12-5-6-13-26(33)34-18-21(3)4/h7-12,14-15,17,20-21H,5-6,13,16,18H2,1-4H3,(H2,30,31,32). The molecule has 1 heterocycles. The van der Waals surface area contributed by atoms with Gasteiger partial charge in [0.1, 0.15) is 0 Å². The molecule has 7 nitrogen and oxygen atoms in total. The van der Waals surface area contributed by atoms with Gasteiger partial charge in [-0.2, -0.15) is 5.26 Å². The third-order valence-electron chi connectivity index (χ3n) is 4.71. The number of hydrogen-bond donors (Lipinski definition) is 2. The van der Waals surface area contributed by atoms with Crippen molar-refractivity contribution in [1.29, 1.82) is 5.26 Å². The van der Waals surface area contributed by atoms with E-state index in [1.54, 1.807) is 6.20 Å². The van der Waals surface area contributed by atoms with Crippen LogP contribution in [0.25, 0.3) is 5.57 Å². The van der Waals surface area contributed by atoms with Gasteiger partial charge in [-0.05, 0) is 54.0 Å². The first-order chi connectivity index (χ1) is 16.4. The van der Waals surface area contributed by atoms with Crippen molar-refractivity contribution in [2.75, 3.05) is 18.5 Å². The van der Waals surface area contributed by atoms with E-state index in [2.05, 4.69) is 40.5 Å². The average molecular weight is 462 g/mol. The predicted molar refractivity (Wildman–Crippen MR) is 137 cm³/mol. The summed E-state index contributed by atoms with van der Waals surface area (Å²) in [5.41, 5.74) is 3.84. The largest absolute Gasteiger partial charge is 0.465 e. The van der Waals surface area contributed by atoms with Crippen molar-refractivity contribution in [1.82, 2.24) is 10.3 Å². The first-order valence-electron chi connectivity index (χ1n) is 11.7. The summed E-state index contributed by atoms with van der Waals surface area (Å²) >= 11 is 0. The van der Waals surface area contributed by atoms with Gasteiger partial charge in [0, 0.05) is 36.6 Å². The Kier molecular flexibility index (Phi) is 11.3. The number of nitrogens with one attached hydrogen (secondary N) is 2. The number of esters is 1. The van der Waals surface area contributed by atoms with E-state index in [1.807, 2.05) is 62.6 Å². The third kappa shape index (κ3) is 9.86. The summed E-state index contributed by atoms with van der Waals surface area (Å²) in [5, 5.41) is 14.9. The molecule has 1 aromatic carbocycles. The number of ether oxygens (including phenoxy) is 1. The highest BCUT2D eigenvalue weighted by Crippen LogP contribution is 2.26. The number of anilines is 1. The number of pyridine rings is 1. The van der Waals surface area contributed by atoms with Gasteiger partial charge in [0.15, 0.2) is 6.19 Å². The topological polar surface area (TPSA) is 99.4 Å². The molecule has 0 aliphatic rings. The fraction of sp³-hybridized carbons (Fsp3) is 0.407. The fourth-order valence-corrected chi connectivity index (χ4v) is 3.09. The van der Waals surface area contributed by atoms with E-state index in [0.717, 1.165) is 28.8 Å². The Morgan fingerprint density at radius 2 is 1.97 bits per heavy atom. The average Bonchev–Trinajstić information content (AvgIpc) is 2.82. The Balaban J connectivity index is 2.19. The number of hydrogen-bond acceptors (Lipinski definition) is 5. The van der Waals surface area contributed by atoms with Gasteiger partial charge < -0.3 is 10.1 Å². The summed E-state index contributed by atoms with van der Waals surface area (Å²) in [6, 6.07) is 11.9. The maximum absolute atomic E-state index is 11.9. The van der Waals surface area contributed by atoms with E-state index in [0.29, 0.717) is 43.8 Å². The van der Waals surface area contributed by atoms with Gasteiger partial charge in [-0.15, -0.1) is 0 Å². The van der Waals surface area contributed by atoms with Gasteiger partial charge >= 0.3 is 5.97 Å². The molecule has 1 aromatic heterocycles. The highest BCUT2D eigenvalue weighted by atomic mass is 16.5. The van der Waals surface area contributed by atoms with Crippen molar-refractivity contribution in [3.05, 3.63) is 66.0 Å². The van der Waals surface area contributed by atoms with Crippen LogP contribution in [0.4, 0.5) is 5.69 Å². The third-order valence-corrected chi connectivity index (χ3v) is 4.71. The monoisotopic (exact) mass is 461 g/mol. The van der Waals surface area contributed by atoms with E-state index in [9.17, 15) is 4.79 Å². The highest BCUT2D eigenvalue weighted by Gasteiger charge is 2.09. The van der Waals surface area contributed by atoms with Crippen molar-refractivity contribution < 1.29 is 9.53 Å². The van der Waals surface area contributed by atoms with E-state index >= 15 is 0 Å². The summed E-state index contributed by atoms with van der Waals surface area (Å²) in [5.74, 6) is 0.974. The first-order valence-corrected chi connectivity index (χ1v) is 11.7. The second-order valence-corrected chi connectivity index (χ2v) is 8.85. The lowest BCUT2D eigenvalue weighted by Gasteiger charge is -2.13. The molecule has 2 rings (SSSR count). The molecule has 0 radical (unpaired) electrons. The number of benzene rings is 1. The fourth-order valence-electron chi connectivity index (χ4n) is 3.09. The molecule has 0 atom stereocenters. The molecule has 0 spiro atoms. The van der Waals surface area contributed by atoms with Crippen LogP contribution in [0.1, 0.15) is 58.1 Å². The Morgan fingerprint density at radius 3 is 2.65 bits per heavy atom. The van der Waals surface area contributed by atoms with Gasteiger partial charge in [0.25, 0.3) is 0 Å². The number of carbonyl (C=O) groups is 1. The number of rotatable bonds is 11. The minimum atomic E-state index is -0.158. The molecule has 2 N–H and O–H groups in total. The Labute approximate surface area is 203 Å². The number of aromatic nitrogens is 1. The number of nitrogens with zero attached hydrogens (tertiary/aromatic N) is 3. The summed E-state index contributed by atoms with van der Waals surface area (Å²) < 4.78 is 5.27. The molecule has 2 aromatic rings. The molecule has 0 saturated carbocycles. The van der Waals surface area contributed by atoms with Gasteiger partial charge in [0.2, 0.25) is 5.96 Å². The molecule has 0 unspecified atom stereocenters. The van der Waals surface area contributed by atoms with Gasteiger partial charge in [-0.1, -0.05) is 52.0 Å². The first kappa shape index (κ1) is 26.6. The molecular weight excluding hydrogens is 426 g/mol. The number of carbonyl (C=O) groups excluding carboxylic acids is 1. The maximum atomic E-state index is 11.9. The summed E-state index contributed by atoms with van der Waals surface area (Å²) in [4.78, 5) is 20.6. The van der Waals surface area contributed by atoms with Gasteiger partial charge in [-0.3, -0.25) is 20.1 Å². The van der Waals surface area contributed by atoms with Crippen LogP contribution in [0.15, 0.2) is 59.9 Å². The van der Waals surface area contributed by atoms with E-state index in [-0.39, 0.29) is 5.97 Å². The van der Waals surface area contributed by atoms with Crippen molar-refractivity contribution in [2.45, 2.75) is 47.0 Å². The minimum Gasteiger partial charge on any atom is -0.465 e. The number of aliphatic imine (C=N–C) groups is 1. The SMILES string of the molecule is CC(C)CN=C(NC#N)Nc1cccc(C(=CCCCC(=O)OCC(C)C)c2cccnc2)c1. The number of allylic oxidation sites excluding steroid dienone is 1. The lowest BCUT2D eigenvalue weighted by atomic mass is 9.97. The molecule has 0 fully saturated rings.